The van der Waals surface area contributed by atoms with E-state index in [1.54, 1.807) is 0 Å². The van der Waals surface area contributed by atoms with Gasteiger partial charge in [0.15, 0.2) is 5.75 Å². The molecule has 0 heterocycles. The second-order valence-electron chi connectivity index (χ2n) is 7.70. The van der Waals surface area contributed by atoms with Crippen LogP contribution in [-0.4, -0.2) is 6.61 Å². The third-order valence-electron chi connectivity index (χ3n) is 5.29. The maximum atomic E-state index is 5.68. The maximum absolute atomic E-state index is 5.68. The Kier molecular flexibility index (Phi) is 8.26. The zero-order chi connectivity index (χ0) is 23.4. The lowest BCUT2D eigenvalue weighted by Gasteiger charge is -2.13. The molecule has 2 heteroatoms. The van der Waals surface area contributed by atoms with Gasteiger partial charge in [0.2, 0.25) is 0 Å². The van der Waals surface area contributed by atoms with Crippen LogP contribution in [0.15, 0.2) is 103 Å². The topological polar surface area (TPSA) is 18.5 Å². The van der Waals surface area contributed by atoms with Crippen LogP contribution in [0.5, 0.6) is 5.75 Å². The van der Waals surface area contributed by atoms with Gasteiger partial charge in [-0.15, -0.1) is 0 Å². The van der Waals surface area contributed by atoms with Crippen LogP contribution < -0.4 is 4.89 Å². The molecule has 4 aromatic rings. The molecule has 4 rings (SSSR count). The Morgan fingerprint density at radius 2 is 0.971 bits per heavy atom. The Morgan fingerprint density at radius 1 is 0.500 bits per heavy atom. The first kappa shape index (κ1) is 23.0. The molecule has 0 fully saturated rings. The molecule has 0 atom stereocenters. The van der Waals surface area contributed by atoms with Gasteiger partial charge < -0.3 is 4.89 Å². The van der Waals surface area contributed by atoms with Gasteiger partial charge >= 0.3 is 0 Å². The van der Waals surface area contributed by atoms with Crippen LogP contribution in [0, 0.1) is 0 Å². The van der Waals surface area contributed by atoms with Crippen LogP contribution in [0.3, 0.4) is 0 Å². The number of hydrogen-bond acceptors (Lipinski definition) is 2. The molecule has 0 radical (unpaired) electrons. The molecule has 0 bridgehead atoms. The zero-order valence-corrected chi connectivity index (χ0v) is 19.3. The van der Waals surface area contributed by atoms with E-state index in [0.29, 0.717) is 12.4 Å². The second-order valence-corrected chi connectivity index (χ2v) is 7.70. The van der Waals surface area contributed by atoms with Crippen molar-refractivity contribution in [2.45, 2.75) is 6.92 Å². The van der Waals surface area contributed by atoms with Crippen molar-refractivity contribution in [3.8, 4) is 5.75 Å². The molecule has 2 nitrogen and oxygen atoms in total. The summed E-state index contributed by atoms with van der Waals surface area (Å²) in [5.41, 5.74) is 6.51. The normalized spacial score (nSPS) is 11.6. The lowest BCUT2D eigenvalue weighted by Crippen LogP contribution is -2.00. The molecule has 168 valence electrons. The van der Waals surface area contributed by atoms with E-state index < -0.39 is 0 Å². The van der Waals surface area contributed by atoms with Gasteiger partial charge in [-0.3, -0.25) is 0 Å². The smallest absolute Gasteiger partial charge is 0.173 e. The van der Waals surface area contributed by atoms with Gasteiger partial charge in [0.25, 0.3) is 0 Å². The van der Waals surface area contributed by atoms with Crippen molar-refractivity contribution in [3.63, 3.8) is 0 Å². The average Bonchev–Trinajstić information content (AvgIpc) is 2.90. The summed E-state index contributed by atoms with van der Waals surface area (Å²) < 4.78 is 0. The second kappa shape index (κ2) is 12.2. The Hall–Kier alpha value is -4.14. The van der Waals surface area contributed by atoms with Gasteiger partial charge in [-0.05, 0) is 46.9 Å². The molecule has 0 saturated heterocycles. The van der Waals surface area contributed by atoms with Crippen LogP contribution in [-0.2, 0) is 4.89 Å². The van der Waals surface area contributed by atoms with Crippen molar-refractivity contribution < 1.29 is 9.78 Å². The molecule has 0 saturated carbocycles. The molecule has 0 spiro atoms. The van der Waals surface area contributed by atoms with Gasteiger partial charge in [0.1, 0.15) is 0 Å². The van der Waals surface area contributed by atoms with Gasteiger partial charge in [0.05, 0.1) is 6.61 Å². The third-order valence-corrected chi connectivity index (χ3v) is 5.29. The lowest BCUT2D eigenvalue weighted by atomic mass is 9.96. The van der Waals surface area contributed by atoms with Crippen molar-refractivity contribution >= 4 is 36.5 Å². The first-order valence-electron chi connectivity index (χ1n) is 11.5. The predicted octanol–water partition coefficient (Wildman–Crippen LogP) is 8.53. The quantitative estimate of drug-likeness (QED) is 0.146. The SMILES string of the molecule is CCOOc1ccc(/C=C/c2ccccc2)c(/C=C/c2ccccc2)c1/C=C/c1ccccc1. The van der Waals surface area contributed by atoms with Gasteiger partial charge in [-0.1, -0.05) is 127 Å². The minimum absolute atomic E-state index is 0.465. The van der Waals surface area contributed by atoms with Crippen LogP contribution in [0.2, 0.25) is 0 Å². The number of benzene rings is 4. The highest BCUT2D eigenvalue weighted by Crippen LogP contribution is 2.31. The Bertz CT molecular complexity index is 1250. The lowest BCUT2D eigenvalue weighted by molar-refractivity contribution is -0.202. The van der Waals surface area contributed by atoms with Crippen molar-refractivity contribution in [3.05, 3.63) is 137 Å². The first-order valence-corrected chi connectivity index (χ1v) is 11.5. The summed E-state index contributed by atoms with van der Waals surface area (Å²) in [7, 11) is 0. The molecular formula is C32H28O2. The molecule has 0 aliphatic heterocycles. The van der Waals surface area contributed by atoms with Gasteiger partial charge in [-0.2, -0.15) is 4.89 Å². The molecule has 0 unspecified atom stereocenters. The highest BCUT2D eigenvalue weighted by atomic mass is 17.2. The predicted molar refractivity (Wildman–Crippen MR) is 145 cm³/mol. The Morgan fingerprint density at radius 3 is 1.47 bits per heavy atom. The highest BCUT2D eigenvalue weighted by Gasteiger charge is 2.11. The third kappa shape index (κ3) is 6.44. The molecule has 4 aromatic carbocycles. The summed E-state index contributed by atoms with van der Waals surface area (Å²) in [5, 5.41) is 0. The monoisotopic (exact) mass is 444 g/mol. The van der Waals surface area contributed by atoms with Gasteiger partial charge in [-0.25, -0.2) is 0 Å². The molecular weight excluding hydrogens is 416 g/mol. The van der Waals surface area contributed by atoms with Crippen LogP contribution in [0.1, 0.15) is 40.3 Å². The molecule has 0 aliphatic rings. The van der Waals surface area contributed by atoms with E-state index in [1.807, 2.05) is 67.6 Å². The molecule has 34 heavy (non-hydrogen) atoms. The first-order chi connectivity index (χ1) is 16.8. The maximum Gasteiger partial charge on any atom is 0.173 e. The van der Waals surface area contributed by atoms with Crippen LogP contribution in [0.25, 0.3) is 36.5 Å². The van der Waals surface area contributed by atoms with Crippen molar-refractivity contribution in [1.82, 2.24) is 0 Å². The molecule has 0 amide bonds. The van der Waals surface area contributed by atoms with E-state index in [2.05, 4.69) is 78.9 Å². The van der Waals surface area contributed by atoms with E-state index in [0.717, 1.165) is 33.4 Å². The van der Waals surface area contributed by atoms with Crippen LogP contribution in [0.4, 0.5) is 0 Å². The minimum Gasteiger partial charge on any atom is -0.337 e. The summed E-state index contributed by atoms with van der Waals surface area (Å²) in [4.78, 5) is 11.0. The largest absolute Gasteiger partial charge is 0.337 e. The van der Waals surface area contributed by atoms with E-state index in [4.69, 9.17) is 9.78 Å². The fraction of sp³-hybridized carbons (Fsp3) is 0.0625. The Balaban J connectivity index is 1.82. The summed E-state index contributed by atoms with van der Waals surface area (Å²) in [6.07, 6.45) is 12.7. The summed E-state index contributed by atoms with van der Waals surface area (Å²) in [5.74, 6) is 0.679. The summed E-state index contributed by atoms with van der Waals surface area (Å²) in [6.45, 7) is 2.37. The average molecular weight is 445 g/mol. The summed E-state index contributed by atoms with van der Waals surface area (Å²) >= 11 is 0. The number of rotatable bonds is 9. The molecule has 0 N–H and O–H groups in total. The molecule has 0 aromatic heterocycles. The summed E-state index contributed by atoms with van der Waals surface area (Å²) in [6, 6.07) is 34.9. The molecule has 0 aliphatic carbocycles. The fourth-order valence-corrected chi connectivity index (χ4v) is 3.57. The highest BCUT2D eigenvalue weighted by molar-refractivity contribution is 5.87. The van der Waals surface area contributed by atoms with Crippen LogP contribution >= 0.6 is 0 Å². The standard InChI is InChI=1S/C32H28O2/c1-2-33-34-32-25-22-29(21-18-26-12-6-3-7-13-26)30(23-19-27-14-8-4-9-15-27)31(32)24-20-28-16-10-5-11-17-28/h3-25H,2H2,1H3/b21-18+,23-19+,24-20+. The van der Waals surface area contributed by atoms with E-state index in [1.165, 1.54) is 0 Å². The van der Waals surface area contributed by atoms with Gasteiger partial charge in [0, 0.05) is 5.56 Å². The number of hydrogen-bond donors (Lipinski definition) is 0. The van der Waals surface area contributed by atoms with Crippen molar-refractivity contribution in [2.75, 3.05) is 6.61 Å². The zero-order valence-electron chi connectivity index (χ0n) is 19.3. The Labute approximate surface area is 202 Å². The van der Waals surface area contributed by atoms with E-state index >= 15 is 0 Å². The minimum atomic E-state index is 0.465. The fourth-order valence-electron chi connectivity index (χ4n) is 3.57. The van der Waals surface area contributed by atoms with Crippen molar-refractivity contribution in [2.24, 2.45) is 0 Å². The van der Waals surface area contributed by atoms with E-state index in [9.17, 15) is 0 Å². The van der Waals surface area contributed by atoms with E-state index in [-0.39, 0.29) is 0 Å². The van der Waals surface area contributed by atoms with Crippen molar-refractivity contribution in [1.29, 1.82) is 0 Å².